The molecule has 0 N–H and O–H groups in total. The Balaban J connectivity index is 2.17. The first-order valence-electron chi connectivity index (χ1n) is 6.66. The van der Waals surface area contributed by atoms with Gasteiger partial charge in [-0.05, 0) is 43.9 Å². The van der Waals surface area contributed by atoms with Crippen molar-refractivity contribution in [3.8, 4) is 0 Å². The SMILES string of the molecule is CCOC(=O)C(Cc1cc(F)cc(F)c1)C(=O)C1CC1. The van der Waals surface area contributed by atoms with Crippen molar-refractivity contribution >= 4 is 11.8 Å². The first kappa shape index (κ1) is 14.6. The molecule has 0 bridgehead atoms. The van der Waals surface area contributed by atoms with Crippen molar-refractivity contribution in [1.29, 1.82) is 0 Å². The fourth-order valence-corrected chi connectivity index (χ4v) is 2.16. The molecule has 0 aromatic heterocycles. The summed E-state index contributed by atoms with van der Waals surface area (Å²) in [6, 6.07) is 3.02. The van der Waals surface area contributed by atoms with Gasteiger partial charge in [0.1, 0.15) is 17.6 Å². The highest BCUT2D eigenvalue weighted by atomic mass is 19.1. The highest BCUT2D eigenvalue weighted by Crippen LogP contribution is 2.33. The summed E-state index contributed by atoms with van der Waals surface area (Å²) >= 11 is 0. The van der Waals surface area contributed by atoms with Crippen LogP contribution in [0.4, 0.5) is 8.78 Å². The van der Waals surface area contributed by atoms with E-state index < -0.39 is 23.5 Å². The van der Waals surface area contributed by atoms with Crippen LogP contribution in [0.5, 0.6) is 0 Å². The molecule has 1 aliphatic carbocycles. The topological polar surface area (TPSA) is 43.4 Å². The van der Waals surface area contributed by atoms with Gasteiger partial charge in [-0.15, -0.1) is 0 Å². The second-order valence-electron chi connectivity index (χ2n) is 4.96. The lowest BCUT2D eigenvalue weighted by Gasteiger charge is -2.14. The summed E-state index contributed by atoms with van der Waals surface area (Å²) < 4.78 is 31.2. The summed E-state index contributed by atoms with van der Waals surface area (Å²) in [5.41, 5.74) is 0.287. The van der Waals surface area contributed by atoms with Crippen molar-refractivity contribution in [1.82, 2.24) is 0 Å². The summed E-state index contributed by atoms with van der Waals surface area (Å²) in [5.74, 6) is -3.32. The number of hydrogen-bond acceptors (Lipinski definition) is 3. The summed E-state index contributed by atoms with van der Waals surface area (Å²) in [4.78, 5) is 24.0. The number of carbonyl (C=O) groups is 2. The van der Waals surface area contributed by atoms with E-state index >= 15 is 0 Å². The van der Waals surface area contributed by atoms with Crippen LogP contribution >= 0.6 is 0 Å². The van der Waals surface area contributed by atoms with Crippen LogP contribution in [0.3, 0.4) is 0 Å². The van der Waals surface area contributed by atoms with Gasteiger partial charge in [-0.2, -0.15) is 0 Å². The molecule has 0 heterocycles. The Kier molecular flexibility index (Phi) is 4.47. The largest absolute Gasteiger partial charge is 0.465 e. The number of Topliss-reactive ketones (excluding diaryl/α,β-unsaturated/α-hetero) is 1. The average molecular weight is 282 g/mol. The molecule has 108 valence electrons. The van der Waals surface area contributed by atoms with Crippen molar-refractivity contribution in [2.45, 2.75) is 26.2 Å². The van der Waals surface area contributed by atoms with Gasteiger partial charge in [0.25, 0.3) is 0 Å². The maximum atomic E-state index is 13.2. The van der Waals surface area contributed by atoms with Gasteiger partial charge in [0.05, 0.1) is 6.61 Å². The molecule has 5 heteroatoms. The van der Waals surface area contributed by atoms with Gasteiger partial charge < -0.3 is 4.74 Å². The van der Waals surface area contributed by atoms with Gasteiger partial charge >= 0.3 is 5.97 Å². The second kappa shape index (κ2) is 6.11. The minimum atomic E-state index is -0.969. The molecule has 1 unspecified atom stereocenters. The minimum absolute atomic E-state index is 0.0250. The van der Waals surface area contributed by atoms with Crippen LogP contribution in [0.1, 0.15) is 25.3 Å². The third kappa shape index (κ3) is 3.62. The Labute approximate surface area is 115 Å². The highest BCUT2D eigenvalue weighted by molar-refractivity contribution is 6.01. The zero-order valence-electron chi connectivity index (χ0n) is 11.2. The smallest absolute Gasteiger partial charge is 0.316 e. The molecule has 3 nitrogen and oxygen atoms in total. The van der Waals surface area contributed by atoms with E-state index in [1.165, 1.54) is 0 Å². The van der Waals surface area contributed by atoms with E-state index in [4.69, 9.17) is 4.74 Å². The molecule has 1 fully saturated rings. The number of ketones is 1. The number of halogens is 2. The van der Waals surface area contributed by atoms with E-state index in [0.717, 1.165) is 31.0 Å². The van der Waals surface area contributed by atoms with E-state index in [1.54, 1.807) is 6.92 Å². The molecular formula is C15H16F2O3. The minimum Gasteiger partial charge on any atom is -0.465 e. The average Bonchev–Trinajstić information content (AvgIpc) is 3.18. The molecule has 1 saturated carbocycles. The number of carbonyl (C=O) groups excluding carboxylic acids is 2. The van der Waals surface area contributed by atoms with Crippen LogP contribution in [0.25, 0.3) is 0 Å². The zero-order valence-corrected chi connectivity index (χ0v) is 11.2. The van der Waals surface area contributed by atoms with E-state index in [1.807, 2.05) is 0 Å². The van der Waals surface area contributed by atoms with E-state index in [0.29, 0.717) is 0 Å². The quantitative estimate of drug-likeness (QED) is 0.595. The van der Waals surface area contributed by atoms with Crippen molar-refractivity contribution in [2.24, 2.45) is 11.8 Å². The molecular weight excluding hydrogens is 266 g/mol. The standard InChI is InChI=1S/C15H16F2O3/c1-2-20-15(19)13(14(18)10-3-4-10)7-9-5-11(16)8-12(17)6-9/h5-6,8,10,13H,2-4,7H2,1H3. The first-order chi connectivity index (χ1) is 9.51. The third-order valence-corrected chi connectivity index (χ3v) is 3.26. The normalized spacial score (nSPS) is 15.8. The molecule has 1 aromatic rings. The Hall–Kier alpha value is -1.78. The van der Waals surface area contributed by atoms with Gasteiger partial charge in [-0.3, -0.25) is 9.59 Å². The van der Waals surface area contributed by atoms with Gasteiger partial charge in [0.2, 0.25) is 0 Å². The van der Waals surface area contributed by atoms with Crippen LogP contribution in [-0.2, 0) is 20.7 Å². The molecule has 0 amide bonds. The maximum absolute atomic E-state index is 13.2. The highest BCUT2D eigenvalue weighted by Gasteiger charge is 2.39. The molecule has 2 rings (SSSR count). The van der Waals surface area contributed by atoms with E-state index in [2.05, 4.69) is 0 Å². The molecule has 1 aliphatic rings. The van der Waals surface area contributed by atoms with Crippen molar-refractivity contribution < 1.29 is 23.1 Å². The third-order valence-electron chi connectivity index (χ3n) is 3.26. The fraction of sp³-hybridized carbons (Fsp3) is 0.467. The van der Waals surface area contributed by atoms with Gasteiger partial charge in [0, 0.05) is 12.0 Å². The molecule has 0 radical (unpaired) electrons. The van der Waals surface area contributed by atoms with E-state index in [9.17, 15) is 18.4 Å². The summed E-state index contributed by atoms with van der Waals surface area (Å²) in [6.07, 6.45) is 1.52. The van der Waals surface area contributed by atoms with Gasteiger partial charge in [-0.1, -0.05) is 0 Å². The molecule has 1 atom stereocenters. The van der Waals surface area contributed by atoms with Crippen LogP contribution in [-0.4, -0.2) is 18.4 Å². The lowest BCUT2D eigenvalue weighted by Crippen LogP contribution is -2.29. The maximum Gasteiger partial charge on any atom is 0.316 e. The Bertz CT molecular complexity index is 504. The lowest BCUT2D eigenvalue weighted by atomic mass is 9.92. The van der Waals surface area contributed by atoms with Crippen molar-refractivity contribution in [2.75, 3.05) is 6.61 Å². The predicted octanol–water partition coefficient (Wildman–Crippen LogP) is 2.67. The van der Waals surface area contributed by atoms with E-state index in [-0.39, 0.29) is 30.3 Å². The van der Waals surface area contributed by atoms with Gasteiger partial charge in [-0.25, -0.2) is 8.78 Å². The number of ether oxygens (including phenoxy) is 1. The van der Waals surface area contributed by atoms with Crippen molar-refractivity contribution in [3.05, 3.63) is 35.4 Å². The Morgan fingerprint density at radius 1 is 1.25 bits per heavy atom. The monoisotopic (exact) mass is 282 g/mol. The number of rotatable bonds is 6. The number of esters is 1. The summed E-state index contributed by atoms with van der Waals surface area (Å²) in [7, 11) is 0. The predicted molar refractivity (Wildman–Crippen MR) is 67.9 cm³/mol. The molecule has 20 heavy (non-hydrogen) atoms. The molecule has 0 saturated heterocycles. The summed E-state index contributed by atoms with van der Waals surface area (Å²) in [5, 5.41) is 0. The van der Waals surface area contributed by atoms with Crippen molar-refractivity contribution in [3.63, 3.8) is 0 Å². The molecule has 1 aromatic carbocycles. The molecule has 0 aliphatic heterocycles. The fourth-order valence-electron chi connectivity index (χ4n) is 2.16. The van der Waals surface area contributed by atoms with Crippen LogP contribution in [0.15, 0.2) is 18.2 Å². The second-order valence-corrected chi connectivity index (χ2v) is 4.96. The molecule has 0 spiro atoms. The first-order valence-corrected chi connectivity index (χ1v) is 6.66. The number of benzene rings is 1. The summed E-state index contributed by atoms with van der Waals surface area (Å²) in [6.45, 7) is 1.82. The lowest BCUT2D eigenvalue weighted by molar-refractivity contribution is -0.151. The van der Waals surface area contributed by atoms with Crippen LogP contribution < -0.4 is 0 Å². The van der Waals surface area contributed by atoms with Crippen LogP contribution in [0.2, 0.25) is 0 Å². The van der Waals surface area contributed by atoms with Crippen LogP contribution in [0, 0.1) is 23.5 Å². The Morgan fingerprint density at radius 3 is 2.35 bits per heavy atom. The Morgan fingerprint density at radius 2 is 1.85 bits per heavy atom. The number of hydrogen-bond donors (Lipinski definition) is 0. The van der Waals surface area contributed by atoms with Gasteiger partial charge in [0.15, 0.2) is 5.78 Å². The zero-order chi connectivity index (χ0) is 14.7.